The van der Waals surface area contributed by atoms with E-state index in [0.29, 0.717) is 24.2 Å². The molecule has 1 saturated heterocycles. The Bertz CT molecular complexity index is 905. The van der Waals surface area contributed by atoms with Crippen LogP contribution in [0.3, 0.4) is 0 Å². The molecular formula is C23H28BrN3O2. The summed E-state index contributed by atoms with van der Waals surface area (Å²) in [5, 5.41) is 0. The van der Waals surface area contributed by atoms with Gasteiger partial charge < -0.3 is 9.80 Å². The fourth-order valence-electron chi connectivity index (χ4n) is 3.65. The number of carbonyl (C=O) groups is 2. The lowest BCUT2D eigenvalue weighted by Gasteiger charge is -2.33. The maximum absolute atomic E-state index is 13.0. The molecule has 1 aromatic carbocycles. The number of aromatic nitrogens is 1. The highest BCUT2D eigenvalue weighted by Crippen LogP contribution is 2.31. The van der Waals surface area contributed by atoms with Crippen LogP contribution in [0, 0.1) is 6.92 Å². The van der Waals surface area contributed by atoms with Gasteiger partial charge in [0.2, 0.25) is 0 Å². The maximum Gasteiger partial charge on any atom is 0.255 e. The molecule has 0 atom stereocenters. The largest absolute Gasteiger partial charge is 0.339 e. The van der Waals surface area contributed by atoms with Gasteiger partial charge >= 0.3 is 0 Å². The Kier molecular flexibility index (Phi) is 6.73. The van der Waals surface area contributed by atoms with E-state index in [2.05, 4.69) is 15.9 Å². The van der Waals surface area contributed by atoms with Crippen molar-refractivity contribution in [2.45, 2.75) is 45.6 Å². The van der Waals surface area contributed by atoms with Crippen molar-refractivity contribution in [2.75, 3.05) is 20.1 Å². The van der Waals surface area contributed by atoms with Crippen molar-refractivity contribution in [2.24, 2.45) is 0 Å². The number of likely N-dealkylation sites (tertiary alicyclic amines) is 1. The third-order valence-electron chi connectivity index (χ3n) is 5.63. The molecule has 0 unspecified atom stereocenters. The minimum atomic E-state index is 0.00939. The SMILES string of the molecule is Cc1ccc(C(=O)N(C)C(C)C)c(C2CCN(C(=O)c3cccc(Br)c3)CC2)n1. The van der Waals surface area contributed by atoms with Crippen LogP contribution in [0.15, 0.2) is 40.9 Å². The maximum atomic E-state index is 13.0. The molecule has 1 aromatic heterocycles. The molecule has 0 spiro atoms. The van der Waals surface area contributed by atoms with Crippen LogP contribution in [-0.2, 0) is 0 Å². The molecule has 0 bridgehead atoms. The predicted molar refractivity (Wildman–Crippen MR) is 118 cm³/mol. The van der Waals surface area contributed by atoms with Gasteiger partial charge in [-0.1, -0.05) is 22.0 Å². The third-order valence-corrected chi connectivity index (χ3v) is 6.12. The summed E-state index contributed by atoms with van der Waals surface area (Å²) in [7, 11) is 1.83. The fourth-order valence-corrected chi connectivity index (χ4v) is 4.05. The number of nitrogens with zero attached hydrogens (tertiary/aromatic N) is 3. The summed E-state index contributed by atoms with van der Waals surface area (Å²) in [6.45, 7) is 7.30. The zero-order valence-corrected chi connectivity index (χ0v) is 19.1. The highest BCUT2D eigenvalue weighted by molar-refractivity contribution is 9.10. The summed E-state index contributed by atoms with van der Waals surface area (Å²) in [5.74, 6) is 0.244. The number of aryl methyl sites for hydroxylation is 1. The molecular weight excluding hydrogens is 430 g/mol. The number of pyridine rings is 1. The second-order valence-electron chi connectivity index (χ2n) is 7.97. The van der Waals surface area contributed by atoms with E-state index >= 15 is 0 Å². The topological polar surface area (TPSA) is 53.5 Å². The van der Waals surface area contributed by atoms with E-state index in [1.807, 2.05) is 69.1 Å². The van der Waals surface area contributed by atoms with Crippen molar-refractivity contribution >= 4 is 27.7 Å². The van der Waals surface area contributed by atoms with Gasteiger partial charge in [-0.3, -0.25) is 14.6 Å². The van der Waals surface area contributed by atoms with Crippen LogP contribution in [-0.4, -0.2) is 52.8 Å². The zero-order valence-electron chi connectivity index (χ0n) is 17.5. The van der Waals surface area contributed by atoms with Crippen molar-refractivity contribution < 1.29 is 9.59 Å². The first-order chi connectivity index (χ1) is 13.8. The van der Waals surface area contributed by atoms with Crippen LogP contribution < -0.4 is 0 Å². The minimum absolute atomic E-state index is 0.00939. The molecule has 154 valence electrons. The lowest BCUT2D eigenvalue weighted by molar-refractivity contribution is 0.0703. The molecule has 5 nitrogen and oxygen atoms in total. The predicted octanol–water partition coefficient (Wildman–Crippen LogP) is 4.65. The van der Waals surface area contributed by atoms with Crippen LogP contribution in [0.25, 0.3) is 0 Å². The van der Waals surface area contributed by atoms with Gasteiger partial charge in [-0.2, -0.15) is 0 Å². The first-order valence-electron chi connectivity index (χ1n) is 10.1. The average Bonchev–Trinajstić information content (AvgIpc) is 2.72. The average molecular weight is 458 g/mol. The van der Waals surface area contributed by atoms with E-state index in [0.717, 1.165) is 28.7 Å². The van der Waals surface area contributed by atoms with E-state index in [-0.39, 0.29) is 23.8 Å². The lowest BCUT2D eigenvalue weighted by atomic mass is 9.89. The number of amides is 2. The summed E-state index contributed by atoms with van der Waals surface area (Å²) >= 11 is 3.43. The van der Waals surface area contributed by atoms with Gasteiger partial charge in [-0.05, 0) is 63.9 Å². The van der Waals surface area contributed by atoms with Crippen molar-refractivity contribution in [1.29, 1.82) is 0 Å². The minimum Gasteiger partial charge on any atom is -0.339 e. The van der Waals surface area contributed by atoms with Crippen molar-refractivity contribution in [3.63, 3.8) is 0 Å². The van der Waals surface area contributed by atoms with Gasteiger partial charge in [0.15, 0.2) is 0 Å². The zero-order chi connectivity index (χ0) is 21.1. The normalized spacial score (nSPS) is 14.9. The highest BCUT2D eigenvalue weighted by Gasteiger charge is 2.29. The molecule has 2 aromatic rings. The Labute approximate surface area is 181 Å². The van der Waals surface area contributed by atoms with Crippen LogP contribution in [0.5, 0.6) is 0 Å². The third kappa shape index (κ3) is 4.86. The second kappa shape index (κ2) is 9.08. The molecule has 2 amide bonds. The van der Waals surface area contributed by atoms with E-state index < -0.39 is 0 Å². The van der Waals surface area contributed by atoms with Gasteiger partial charge in [-0.15, -0.1) is 0 Å². The molecule has 2 heterocycles. The first-order valence-corrected chi connectivity index (χ1v) is 10.9. The van der Waals surface area contributed by atoms with Gasteiger partial charge in [0.1, 0.15) is 0 Å². The molecule has 6 heteroatoms. The van der Waals surface area contributed by atoms with Crippen molar-refractivity contribution in [1.82, 2.24) is 14.8 Å². The van der Waals surface area contributed by atoms with Crippen molar-refractivity contribution in [3.05, 3.63) is 63.4 Å². The summed E-state index contributed by atoms with van der Waals surface area (Å²) < 4.78 is 0.902. The van der Waals surface area contributed by atoms with Crippen LogP contribution in [0.2, 0.25) is 0 Å². The molecule has 1 fully saturated rings. The molecule has 29 heavy (non-hydrogen) atoms. The van der Waals surface area contributed by atoms with Gasteiger partial charge in [-0.25, -0.2) is 0 Å². The standard InChI is InChI=1S/C23H28BrN3O2/c1-15(2)26(4)23(29)20-9-8-16(3)25-21(20)17-10-12-27(13-11-17)22(28)18-6-5-7-19(24)14-18/h5-9,14-15,17H,10-13H2,1-4H3. The molecule has 0 radical (unpaired) electrons. The summed E-state index contributed by atoms with van der Waals surface area (Å²) in [6.07, 6.45) is 1.61. The molecule has 3 rings (SSSR count). The second-order valence-corrected chi connectivity index (χ2v) is 8.89. The molecule has 0 aliphatic carbocycles. The summed E-state index contributed by atoms with van der Waals surface area (Å²) in [6, 6.07) is 11.4. The van der Waals surface area contributed by atoms with Crippen molar-refractivity contribution in [3.8, 4) is 0 Å². The van der Waals surface area contributed by atoms with Gasteiger partial charge in [0.05, 0.1) is 11.3 Å². The fraction of sp³-hybridized carbons (Fsp3) is 0.435. The van der Waals surface area contributed by atoms with E-state index in [1.54, 1.807) is 4.90 Å². The van der Waals surface area contributed by atoms with Crippen LogP contribution >= 0.6 is 15.9 Å². The number of hydrogen-bond donors (Lipinski definition) is 0. The van der Waals surface area contributed by atoms with Crippen LogP contribution in [0.1, 0.15) is 64.7 Å². The lowest BCUT2D eigenvalue weighted by Crippen LogP contribution is -2.39. The number of benzene rings is 1. The Balaban J connectivity index is 1.76. The number of hydrogen-bond acceptors (Lipinski definition) is 3. The van der Waals surface area contributed by atoms with E-state index in [4.69, 9.17) is 4.98 Å². The number of piperidine rings is 1. The number of carbonyl (C=O) groups excluding carboxylic acids is 2. The summed E-state index contributed by atoms with van der Waals surface area (Å²) in [4.78, 5) is 34.2. The van der Waals surface area contributed by atoms with Crippen LogP contribution in [0.4, 0.5) is 0 Å². The van der Waals surface area contributed by atoms with Gasteiger partial charge in [0.25, 0.3) is 11.8 Å². The summed E-state index contributed by atoms with van der Waals surface area (Å²) in [5.41, 5.74) is 3.16. The first kappa shape index (κ1) is 21.5. The Morgan fingerprint density at radius 3 is 2.48 bits per heavy atom. The highest BCUT2D eigenvalue weighted by atomic mass is 79.9. The molecule has 0 saturated carbocycles. The monoisotopic (exact) mass is 457 g/mol. The number of rotatable bonds is 4. The Morgan fingerprint density at radius 1 is 1.17 bits per heavy atom. The molecule has 0 N–H and O–H groups in total. The number of halogens is 1. The van der Waals surface area contributed by atoms with Gasteiger partial charge in [0, 0.05) is 47.8 Å². The quantitative estimate of drug-likeness (QED) is 0.670. The van der Waals surface area contributed by atoms with E-state index in [9.17, 15) is 9.59 Å². The molecule has 1 aliphatic heterocycles. The van der Waals surface area contributed by atoms with E-state index in [1.165, 1.54) is 0 Å². The smallest absolute Gasteiger partial charge is 0.255 e. The Hall–Kier alpha value is -2.21. The Morgan fingerprint density at radius 2 is 1.86 bits per heavy atom. The molecule has 1 aliphatic rings.